The zero-order chi connectivity index (χ0) is 13.9. The SMILES string of the molecule is CNC(=O)CNC(=O)C(C)(C)C(C)(C)C(N)=O. The van der Waals surface area contributed by atoms with Crippen molar-refractivity contribution in [2.75, 3.05) is 13.6 Å². The lowest BCUT2D eigenvalue weighted by Gasteiger charge is -2.37. The van der Waals surface area contributed by atoms with Crippen LogP contribution >= 0.6 is 0 Å². The summed E-state index contributed by atoms with van der Waals surface area (Å²) < 4.78 is 0. The summed E-state index contributed by atoms with van der Waals surface area (Å²) in [5.74, 6) is -1.24. The molecule has 17 heavy (non-hydrogen) atoms. The number of nitrogens with one attached hydrogen (secondary N) is 2. The van der Waals surface area contributed by atoms with Gasteiger partial charge in [-0.3, -0.25) is 14.4 Å². The average molecular weight is 243 g/mol. The fraction of sp³-hybridized carbons (Fsp3) is 0.727. The molecule has 0 spiro atoms. The highest BCUT2D eigenvalue weighted by Gasteiger charge is 2.47. The molecule has 0 radical (unpaired) electrons. The Kier molecular flexibility index (Phi) is 4.68. The third-order valence-corrected chi connectivity index (χ3v) is 3.43. The van der Waals surface area contributed by atoms with E-state index in [9.17, 15) is 14.4 Å². The first-order valence-electron chi connectivity index (χ1n) is 5.36. The summed E-state index contributed by atoms with van der Waals surface area (Å²) in [7, 11) is 1.48. The van der Waals surface area contributed by atoms with Crippen LogP contribution in [0.2, 0.25) is 0 Å². The number of carbonyl (C=O) groups excluding carboxylic acids is 3. The van der Waals surface area contributed by atoms with Crippen molar-refractivity contribution < 1.29 is 14.4 Å². The van der Waals surface area contributed by atoms with E-state index in [0.29, 0.717) is 0 Å². The van der Waals surface area contributed by atoms with Crippen molar-refractivity contribution in [3.8, 4) is 0 Å². The Morgan fingerprint density at radius 2 is 1.53 bits per heavy atom. The van der Waals surface area contributed by atoms with Crippen LogP contribution < -0.4 is 16.4 Å². The van der Waals surface area contributed by atoms with Crippen LogP contribution in [0.3, 0.4) is 0 Å². The lowest BCUT2D eigenvalue weighted by Crippen LogP contribution is -2.53. The Morgan fingerprint density at radius 3 is 1.88 bits per heavy atom. The Hall–Kier alpha value is -1.59. The molecule has 0 rings (SSSR count). The second-order valence-corrected chi connectivity index (χ2v) is 4.97. The van der Waals surface area contributed by atoms with Crippen LogP contribution in [-0.2, 0) is 14.4 Å². The van der Waals surface area contributed by atoms with Gasteiger partial charge in [0.1, 0.15) is 0 Å². The Morgan fingerprint density at radius 1 is 1.06 bits per heavy atom. The van der Waals surface area contributed by atoms with Gasteiger partial charge in [0.25, 0.3) is 0 Å². The molecule has 0 heterocycles. The highest BCUT2D eigenvalue weighted by Crippen LogP contribution is 2.38. The first-order chi connectivity index (χ1) is 7.57. The van der Waals surface area contributed by atoms with Gasteiger partial charge in [0.2, 0.25) is 17.7 Å². The number of carbonyl (C=O) groups is 3. The molecule has 0 aliphatic rings. The molecule has 0 aliphatic carbocycles. The molecule has 0 aromatic carbocycles. The van der Waals surface area contributed by atoms with Crippen molar-refractivity contribution >= 4 is 17.7 Å². The molecule has 0 saturated carbocycles. The highest BCUT2D eigenvalue weighted by atomic mass is 16.2. The minimum atomic E-state index is -1.00. The molecule has 0 atom stereocenters. The van der Waals surface area contributed by atoms with E-state index in [1.54, 1.807) is 27.7 Å². The van der Waals surface area contributed by atoms with Crippen molar-refractivity contribution in [2.45, 2.75) is 27.7 Å². The van der Waals surface area contributed by atoms with Gasteiger partial charge < -0.3 is 16.4 Å². The van der Waals surface area contributed by atoms with E-state index in [1.807, 2.05) is 0 Å². The predicted molar refractivity (Wildman–Crippen MR) is 63.8 cm³/mol. The number of hydrogen-bond acceptors (Lipinski definition) is 3. The number of rotatable bonds is 5. The molecule has 3 amide bonds. The van der Waals surface area contributed by atoms with E-state index in [-0.39, 0.29) is 18.4 Å². The fourth-order valence-corrected chi connectivity index (χ4v) is 1.06. The summed E-state index contributed by atoms with van der Waals surface area (Å²) in [4.78, 5) is 34.3. The van der Waals surface area contributed by atoms with Crippen LogP contribution in [0, 0.1) is 10.8 Å². The lowest BCUT2D eigenvalue weighted by atomic mass is 9.67. The Balaban J connectivity index is 4.77. The van der Waals surface area contributed by atoms with E-state index >= 15 is 0 Å². The summed E-state index contributed by atoms with van der Waals surface area (Å²) in [6.07, 6.45) is 0. The molecular weight excluding hydrogens is 222 g/mol. The lowest BCUT2D eigenvalue weighted by molar-refractivity contribution is -0.145. The van der Waals surface area contributed by atoms with E-state index in [1.165, 1.54) is 7.05 Å². The van der Waals surface area contributed by atoms with Crippen LogP contribution in [0.25, 0.3) is 0 Å². The maximum atomic E-state index is 11.9. The molecule has 98 valence electrons. The number of hydrogen-bond donors (Lipinski definition) is 3. The van der Waals surface area contributed by atoms with Crippen LogP contribution in [0.4, 0.5) is 0 Å². The number of nitrogens with two attached hydrogens (primary N) is 1. The quantitative estimate of drug-likeness (QED) is 0.600. The Bertz CT molecular complexity index is 335. The van der Waals surface area contributed by atoms with Gasteiger partial charge in [-0.25, -0.2) is 0 Å². The minimum Gasteiger partial charge on any atom is -0.369 e. The van der Waals surface area contributed by atoms with E-state index in [0.717, 1.165) is 0 Å². The summed E-state index contributed by atoms with van der Waals surface area (Å²) in [6.45, 7) is 6.34. The third-order valence-electron chi connectivity index (χ3n) is 3.43. The second-order valence-electron chi connectivity index (χ2n) is 4.97. The van der Waals surface area contributed by atoms with Crippen molar-refractivity contribution in [1.29, 1.82) is 0 Å². The van der Waals surface area contributed by atoms with Crippen LogP contribution in [0.15, 0.2) is 0 Å². The maximum absolute atomic E-state index is 11.9. The minimum absolute atomic E-state index is 0.117. The summed E-state index contributed by atoms with van der Waals surface area (Å²) in [5.41, 5.74) is 3.28. The van der Waals surface area contributed by atoms with Gasteiger partial charge in [-0.05, 0) is 0 Å². The van der Waals surface area contributed by atoms with Gasteiger partial charge in [0, 0.05) is 7.05 Å². The zero-order valence-corrected chi connectivity index (χ0v) is 11.0. The van der Waals surface area contributed by atoms with Crippen molar-refractivity contribution in [2.24, 2.45) is 16.6 Å². The van der Waals surface area contributed by atoms with Crippen molar-refractivity contribution in [1.82, 2.24) is 10.6 Å². The molecule has 0 unspecified atom stereocenters. The third kappa shape index (κ3) is 3.18. The first kappa shape index (κ1) is 15.4. The topological polar surface area (TPSA) is 101 Å². The van der Waals surface area contributed by atoms with Gasteiger partial charge in [0.05, 0.1) is 17.4 Å². The zero-order valence-electron chi connectivity index (χ0n) is 11.0. The maximum Gasteiger partial charge on any atom is 0.239 e. The van der Waals surface area contributed by atoms with Gasteiger partial charge in [-0.1, -0.05) is 27.7 Å². The second kappa shape index (κ2) is 5.16. The van der Waals surface area contributed by atoms with E-state index in [2.05, 4.69) is 10.6 Å². The predicted octanol–water partition coefficient (Wildman–Crippen LogP) is -0.614. The number of amides is 3. The number of primary amides is 1. The molecule has 0 bridgehead atoms. The molecule has 0 aromatic heterocycles. The average Bonchev–Trinajstić information content (AvgIpc) is 2.24. The molecule has 0 fully saturated rings. The molecule has 4 N–H and O–H groups in total. The van der Waals surface area contributed by atoms with Gasteiger partial charge in [-0.2, -0.15) is 0 Å². The highest BCUT2D eigenvalue weighted by molar-refractivity contribution is 5.93. The summed E-state index contributed by atoms with van der Waals surface area (Å²) in [5, 5.41) is 4.86. The molecule has 6 heteroatoms. The van der Waals surface area contributed by atoms with Crippen LogP contribution in [0.5, 0.6) is 0 Å². The summed E-state index contributed by atoms with van der Waals surface area (Å²) in [6, 6.07) is 0. The number of likely N-dealkylation sites (N-methyl/N-ethyl adjacent to an activating group) is 1. The smallest absolute Gasteiger partial charge is 0.239 e. The largest absolute Gasteiger partial charge is 0.369 e. The van der Waals surface area contributed by atoms with Crippen LogP contribution in [0.1, 0.15) is 27.7 Å². The summed E-state index contributed by atoms with van der Waals surface area (Å²) >= 11 is 0. The van der Waals surface area contributed by atoms with E-state index in [4.69, 9.17) is 5.73 Å². The first-order valence-corrected chi connectivity index (χ1v) is 5.36. The van der Waals surface area contributed by atoms with Gasteiger partial charge in [-0.15, -0.1) is 0 Å². The molecule has 6 nitrogen and oxygen atoms in total. The standard InChI is InChI=1S/C11H21N3O3/c1-10(2,8(12)16)11(3,4)9(17)14-6-7(15)13-5/h6H2,1-5H3,(H2,12,16)(H,13,15)(H,14,17). The van der Waals surface area contributed by atoms with Crippen molar-refractivity contribution in [3.63, 3.8) is 0 Å². The van der Waals surface area contributed by atoms with Gasteiger partial charge in [0.15, 0.2) is 0 Å². The Labute approximate surface area is 101 Å². The normalized spacial score (nSPS) is 11.8. The molecule has 0 aliphatic heterocycles. The molecular formula is C11H21N3O3. The van der Waals surface area contributed by atoms with Crippen molar-refractivity contribution in [3.05, 3.63) is 0 Å². The monoisotopic (exact) mass is 243 g/mol. The van der Waals surface area contributed by atoms with E-state index < -0.39 is 16.7 Å². The molecule has 0 saturated heterocycles. The fourth-order valence-electron chi connectivity index (χ4n) is 1.06. The van der Waals surface area contributed by atoms with Crippen LogP contribution in [-0.4, -0.2) is 31.3 Å². The van der Waals surface area contributed by atoms with Gasteiger partial charge >= 0.3 is 0 Å². The molecule has 0 aromatic rings.